The quantitative estimate of drug-likeness (QED) is 0.589. The summed E-state index contributed by atoms with van der Waals surface area (Å²) in [5.74, 6) is 0.519. The largest absolute Gasteiger partial charge is 0.391 e. The van der Waals surface area contributed by atoms with Gasteiger partial charge in [-0.2, -0.15) is 0 Å². The van der Waals surface area contributed by atoms with E-state index in [1.807, 2.05) is 6.92 Å². The minimum absolute atomic E-state index is 0.332. The van der Waals surface area contributed by atoms with Crippen LogP contribution in [0.1, 0.15) is 27.2 Å². The third-order valence-electron chi connectivity index (χ3n) is 1.63. The minimum Gasteiger partial charge on any atom is -0.391 e. The normalized spacial score (nSPS) is 13.6. The Labute approximate surface area is 81.0 Å². The van der Waals surface area contributed by atoms with Crippen molar-refractivity contribution in [2.24, 2.45) is 5.92 Å². The molecule has 3 heteroatoms. The van der Waals surface area contributed by atoms with E-state index in [0.717, 1.165) is 13.0 Å². The lowest BCUT2D eigenvalue weighted by molar-refractivity contribution is -0.000253. The molecule has 0 aromatic rings. The molecule has 13 heavy (non-hydrogen) atoms. The van der Waals surface area contributed by atoms with Gasteiger partial charge in [-0.25, -0.2) is 0 Å². The number of aliphatic hydroxyl groups is 1. The molecule has 0 aliphatic rings. The zero-order chi connectivity index (χ0) is 10.1. The fourth-order valence-corrected chi connectivity index (χ4v) is 1.09. The van der Waals surface area contributed by atoms with Crippen molar-refractivity contribution in [2.45, 2.75) is 33.3 Å². The Hall–Kier alpha value is -0.120. The highest BCUT2D eigenvalue weighted by atomic mass is 16.5. The first kappa shape index (κ1) is 12.9. The van der Waals surface area contributed by atoms with Gasteiger partial charge in [-0.1, -0.05) is 13.8 Å². The number of rotatable bonds is 8. The molecule has 0 aromatic carbocycles. The van der Waals surface area contributed by atoms with E-state index in [9.17, 15) is 5.11 Å². The predicted molar refractivity (Wildman–Crippen MR) is 52.8 cm³/mol. The van der Waals surface area contributed by atoms with Crippen LogP contribution in [0.2, 0.25) is 0 Å². The van der Waals surface area contributed by atoms with Crippen molar-refractivity contribution in [3.63, 3.8) is 0 Å². The average Bonchev–Trinajstić information content (AvgIpc) is 2.02. The molecule has 0 spiro atoms. The van der Waals surface area contributed by atoms with E-state index in [1.165, 1.54) is 0 Å². The Morgan fingerprint density at radius 2 is 1.77 bits per heavy atom. The molecule has 0 saturated carbocycles. The van der Waals surface area contributed by atoms with Crippen LogP contribution in [0.5, 0.6) is 0 Å². The summed E-state index contributed by atoms with van der Waals surface area (Å²) < 4.78 is 10.3. The zero-order valence-corrected chi connectivity index (χ0v) is 8.95. The molecule has 0 rings (SSSR count). The Morgan fingerprint density at radius 3 is 2.31 bits per heavy atom. The van der Waals surface area contributed by atoms with Crippen LogP contribution < -0.4 is 0 Å². The molecule has 0 amide bonds. The van der Waals surface area contributed by atoms with E-state index in [4.69, 9.17) is 9.47 Å². The van der Waals surface area contributed by atoms with Gasteiger partial charge in [0.2, 0.25) is 0 Å². The molecule has 1 unspecified atom stereocenters. The number of aliphatic hydroxyl groups excluding tert-OH is 1. The summed E-state index contributed by atoms with van der Waals surface area (Å²) in [6.07, 6.45) is 0.468. The summed E-state index contributed by atoms with van der Waals surface area (Å²) >= 11 is 0. The van der Waals surface area contributed by atoms with Gasteiger partial charge in [-0.05, 0) is 19.3 Å². The summed E-state index contributed by atoms with van der Waals surface area (Å²) in [7, 11) is 0. The zero-order valence-electron chi connectivity index (χ0n) is 8.95. The Balaban J connectivity index is 3.12. The Kier molecular flexibility index (Phi) is 8.40. The van der Waals surface area contributed by atoms with Crippen LogP contribution in [0, 0.1) is 5.92 Å². The highest BCUT2D eigenvalue weighted by Crippen LogP contribution is 2.04. The summed E-state index contributed by atoms with van der Waals surface area (Å²) in [5, 5.41) is 9.41. The van der Waals surface area contributed by atoms with Gasteiger partial charge in [0, 0.05) is 6.61 Å². The molecule has 3 nitrogen and oxygen atoms in total. The van der Waals surface area contributed by atoms with Crippen LogP contribution in [0.4, 0.5) is 0 Å². The minimum atomic E-state index is -0.332. The number of hydrogen-bond donors (Lipinski definition) is 1. The van der Waals surface area contributed by atoms with Crippen LogP contribution in [0.25, 0.3) is 0 Å². The van der Waals surface area contributed by atoms with Gasteiger partial charge >= 0.3 is 0 Å². The molecule has 1 N–H and O–H groups in total. The number of hydrogen-bond acceptors (Lipinski definition) is 3. The molecule has 0 heterocycles. The van der Waals surface area contributed by atoms with Gasteiger partial charge in [0.15, 0.2) is 0 Å². The van der Waals surface area contributed by atoms with Gasteiger partial charge in [0.25, 0.3) is 0 Å². The molecule has 1 atom stereocenters. The van der Waals surface area contributed by atoms with Crippen molar-refractivity contribution >= 4 is 0 Å². The van der Waals surface area contributed by atoms with Crippen molar-refractivity contribution in [2.75, 3.05) is 26.4 Å². The van der Waals surface area contributed by atoms with Crippen molar-refractivity contribution in [3.05, 3.63) is 0 Å². The third-order valence-corrected chi connectivity index (χ3v) is 1.63. The van der Waals surface area contributed by atoms with Crippen LogP contribution in [-0.4, -0.2) is 37.6 Å². The van der Waals surface area contributed by atoms with E-state index >= 15 is 0 Å². The summed E-state index contributed by atoms with van der Waals surface area (Å²) in [5.41, 5.74) is 0. The van der Waals surface area contributed by atoms with E-state index in [1.54, 1.807) is 0 Å². The topological polar surface area (TPSA) is 38.7 Å². The Morgan fingerprint density at radius 1 is 1.15 bits per heavy atom. The maximum absolute atomic E-state index is 9.41. The first-order valence-corrected chi connectivity index (χ1v) is 5.00. The SMILES string of the molecule is CCOCCOCC(O)CC(C)C. The summed E-state index contributed by atoms with van der Waals surface area (Å²) in [6.45, 7) is 8.46. The smallest absolute Gasteiger partial charge is 0.0776 e. The highest BCUT2D eigenvalue weighted by molar-refractivity contribution is 4.56. The Bertz CT molecular complexity index is 104. The van der Waals surface area contributed by atoms with Crippen LogP contribution >= 0.6 is 0 Å². The molecule has 80 valence electrons. The van der Waals surface area contributed by atoms with Gasteiger partial charge < -0.3 is 14.6 Å². The molecular weight excluding hydrogens is 168 g/mol. The van der Waals surface area contributed by atoms with Gasteiger partial charge in [0.05, 0.1) is 25.9 Å². The monoisotopic (exact) mass is 190 g/mol. The predicted octanol–water partition coefficient (Wildman–Crippen LogP) is 1.45. The first-order chi connectivity index (χ1) is 6.16. The van der Waals surface area contributed by atoms with Crippen molar-refractivity contribution in [1.82, 2.24) is 0 Å². The molecule has 0 saturated heterocycles. The molecule has 0 radical (unpaired) electrons. The van der Waals surface area contributed by atoms with E-state index in [-0.39, 0.29) is 6.10 Å². The second-order valence-electron chi connectivity index (χ2n) is 3.56. The third kappa shape index (κ3) is 9.80. The lowest BCUT2D eigenvalue weighted by atomic mass is 10.1. The molecular formula is C10H22O3. The maximum atomic E-state index is 9.41. The fraction of sp³-hybridized carbons (Fsp3) is 1.00. The lowest BCUT2D eigenvalue weighted by Gasteiger charge is -2.13. The van der Waals surface area contributed by atoms with E-state index in [0.29, 0.717) is 25.7 Å². The van der Waals surface area contributed by atoms with Gasteiger partial charge in [-0.3, -0.25) is 0 Å². The molecule has 0 aliphatic carbocycles. The second kappa shape index (κ2) is 8.48. The van der Waals surface area contributed by atoms with Crippen LogP contribution in [0.3, 0.4) is 0 Å². The van der Waals surface area contributed by atoms with Gasteiger partial charge in [-0.15, -0.1) is 0 Å². The first-order valence-electron chi connectivity index (χ1n) is 5.00. The standard InChI is InChI=1S/C10H22O3/c1-4-12-5-6-13-8-10(11)7-9(2)3/h9-11H,4-8H2,1-3H3. The van der Waals surface area contributed by atoms with Crippen molar-refractivity contribution in [1.29, 1.82) is 0 Å². The molecule has 0 aliphatic heterocycles. The second-order valence-corrected chi connectivity index (χ2v) is 3.56. The summed E-state index contributed by atoms with van der Waals surface area (Å²) in [6, 6.07) is 0. The maximum Gasteiger partial charge on any atom is 0.0776 e. The molecule has 0 fully saturated rings. The van der Waals surface area contributed by atoms with E-state index < -0.39 is 0 Å². The highest BCUT2D eigenvalue weighted by Gasteiger charge is 2.06. The van der Waals surface area contributed by atoms with Crippen LogP contribution in [-0.2, 0) is 9.47 Å². The summed E-state index contributed by atoms with van der Waals surface area (Å²) in [4.78, 5) is 0. The fourth-order valence-electron chi connectivity index (χ4n) is 1.09. The van der Waals surface area contributed by atoms with E-state index in [2.05, 4.69) is 13.8 Å². The molecule has 0 bridgehead atoms. The molecule has 0 aromatic heterocycles. The van der Waals surface area contributed by atoms with Crippen molar-refractivity contribution in [3.8, 4) is 0 Å². The van der Waals surface area contributed by atoms with Gasteiger partial charge in [0.1, 0.15) is 0 Å². The van der Waals surface area contributed by atoms with Crippen molar-refractivity contribution < 1.29 is 14.6 Å². The van der Waals surface area contributed by atoms with Crippen LogP contribution in [0.15, 0.2) is 0 Å². The lowest BCUT2D eigenvalue weighted by Crippen LogP contribution is -2.19. The average molecular weight is 190 g/mol. The number of ether oxygens (including phenoxy) is 2.